The number of rotatable bonds is 6. The normalized spacial score (nSPS) is 25.9. The number of amides is 1. The minimum atomic E-state index is -2.13. The molecule has 1 aromatic rings. The summed E-state index contributed by atoms with van der Waals surface area (Å²) in [6.45, 7) is 23.8. The van der Waals surface area contributed by atoms with Crippen molar-refractivity contribution in [1.82, 2.24) is 10.3 Å². The number of carbonyl (C=O) groups is 1. The fourth-order valence-electron chi connectivity index (χ4n) is 4.57. The zero-order valence-corrected chi connectivity index (χ0v) is 25.2. The van der Waals surface area contributed by atoms with Crippen LogP contribution in [0.3, 0.4) is 0 Å². The molecule has 0 unspecified atom stereocenters. The third kappa shape index (κ3) is 5.01. The number of aromatic nitrogens is 1. The number of nitrogens with zero attached hydrogens (tertiary/aromatic N) is 1. The summed E-state index contributed by atoms with van der Waals surface area (Å²) < 4.78 is 19.6. The highest BCUT2D eigenvalue weighted by atomic mass is 28.4. The zero-order chi connectivity index (χ0) is 25.7. The highest BCUT2D eigenvalue weighted by Crippen LogP contribution is 2.50. The van der Waals surface area contributed by atoms with Gasteiger partial charge >= 0.3 is 0 Å². The van der Waals surface area contributed by atoms with E-state index in [0.29, 0.717) is 25.5 Å². The Hall–Kier alpha value is -1.23. The molecule has 2 aliphatic rings. The van der Waals surface area contributed by atoms with Gasteiger partial charge in [0.05, 0.1) is 18.6 Å². The first-order valence-corrected chi connectivity index (χ1v) is 18.4. The standard InChI is InChI=1S/C26H46N2O4Si2/c1-24(2,3)33(8,9)31-17-26-15-21(29)27-16-18(23(26)32-34(10,11)25(4,5)6)14-20-19(26)12-13-22(28-20)30-7/h12-13,18,23H,14-17H2,1-11H3,(H,27,29)/t18-,23-,26+/m1/s1. The second-order valence-corrected chi connectivity index (χ2v) is 22.9. The highest BCUT2D eigenvalue weighted by molar-refractivity contribution is 6.74. The molecule has 1 fully saturated rings. The Morgan fingerprint density at radius 1 is 1.06 bits per heavy atom. The van der Waals surface area contributed by atoms with E-state index in [1.807, 2.05) is 6.07 Å². The second kappa shape index (κ2) is 9.02. The van der Waals surface area contributed by atoms with Crippen molar-refractivity contribution < 1.29 is 18.4 Å². The number of carbonyl (C=O) groups excluding carboxylic acids is 1. The van der Waals surface area contributed by atoms with Crippen LogP contribution in [0.5, 0.6) is 5.88 Å². The lowest BCUT2D eigenvalue weighted by molar-refractivity contribution is -0.122. The predicted molar refractivity (Wildman–Crippen MR) is 143 cm³/mol. The van der Waals surface area contributed by atoms with E-state index in [9.17, 15) is 4.79 Å². The predicted octanol–water partition coefficient (Wildman–Crippen LogP) is 5.43. The molecule has 1 N–H and O–H groups in total. The molecule has 3 atom stereocenters. The van der Waals surface area contributed by atoms with Gasteiger partial charge in [-0.25, -0.2) is 4.98 Å². The quantitative estimate of drug-likeness (QED) is 0.521. The van der Waals surface area contributed by atoms with E-state index in [2.05, 4.69) is 79.1 Å². The Kier molecular flexibility index (Phi) is 7.26. The number of hydrogen-bond acceptors (Lipinski definition) is 5. The van der Waals surface area contributed by atoms with Crippen LogP contribution < -0.4 is 10.1 Å². The third-order valence-electron chi connectivity index (χ3n) is 8.88. The molecule has 34 heavy (non-hydrogen) atoms. The molecule has 0 saturated carbocycles. The Labute approximate surface area is 208 Å². The minimum Gasteiger partial charge on any atom is -0.481 e. The highest BCUT2D eigenvalue weighted by Gasteiger charge is 2.56. The molecule has 0 radical (unpaired) electrons. The fraction of sp³-hybridized carbons (Fsp3) is 0.769. The summed E-state index contributed by atoms with van der Waals surface area (Å²) in [5, 5.41) is 3.31. The van der Waals surface area contributed by atoms with Gasteiger partial charge in [-0.1, -0.05) is 47.6 Å². The van der Waals surface area contributed by atoms with E-state index in [1.54, 1.807) is 7.11 Å². The van der Waals surface area contributed by atoms with Crippen molar-refractivity contribution in [3.63, 3.8) is 0 Å². The molecule has 2 heterocycles. The number of hydrogen-bond donors (Lipinski definition) is 1. The van der Waals surface area contributed by atoms with Crippen LogP contribution in [0.15, 0.2) is 12.1 Å². The molecule has 1 saturated heterocycles. The number of methoxy groups -OCH3 is 1. The summed E-state index contributed by atoms with van der Waals surface area (Å²) in [6.07, 6.45) is 0.992. The first kappa shape index (κ1) is 27.4. The Bertz CT molecular complexity index is 920. The van der Waals surface area contributed by atoms with Crippen molar-refractivity contribution in [3.8, 4) is 5.88 Å². The number of nitrogens with one attached hydrogen (secondary N) is 1. The molecule has 1 aromatic heterocycles. The molecular weight excluding hydrogens is 460 g/mol. The van der Waals surface area contributed by atoms with Gasteiger partial charge < -0.3 is 18.9 Å². The average molecular weight is 507 g/mol. The number of fused-ring (bicyclic) bond motifs is 4. The lowest BCUT2D eigenvalue weighted by atomic mass is 9.64. The second-order valence-electron chi connectivity index (χ2n) is 13.3. The summed E-state index contributed by atoms with van der Waals surface area (Å²) in [5.74, 6) is 0.809. The molecule has 2 bridgehead atoms. The maximum absolute atomic E-state index is 13.1. The van der Waals surface area contributed by atoms with Crippen molar-refractivity contribution in [2.75, 3.05) is 20.3 Å². The monoisotopic (exact) mass is 506 g/mol. The van der Waals surface area contributed by atoms with Gasteiger partial charge in [-0.15, -0.1) is 0 Å². The zero-order valence-electron chi connectivity index (χ0n) is 23.2. The summed E-state index contributed by atoms with van der Waals surface area (Å²) in [7, 11) is -2.55. The van der Waals surface area contributed by atoms with Gasteiger partial charge in [-0.3, -0.25) is 4.79 Å². The molecule has 1 aliphatic carbocycles. The van der Waals surface area contributed by atoms with E-state index in [4.69, 9.17) is 18.6 Å². The number of ether oxygens (including phenoxy) is 1. The molecule has 8 heteroatoms. The summed E-state index contributed by atoms with van der Waals surface area (Å²) in [4.78, 5) is 18.0. The molecule has 192 valence electrons. The molecular formula is C26H46N2O4Si2. The van der Waals surface area contributed by atoms with Crippen molar-refractivity contribution >= 4 is 22.5 Å². The van der Waals surface area contributed by atoms with Gasteiger partial charge in [0, 0.05) is 37.3 Å². The van der Waals surface area contributed by atoms with E-state index < -0.39 is 22.0 Å². The van der Waals surface area contributed by atoms with Crippen LogP contribution in [0.1, 0.15) is 59.2 Å². The molecule has 0 spiro atoms. The van der Waals surface area contributed by atoms with Gasteiger partial charge in [-0.05, 0) is 48.2 Å². The summed E-state index contributed by atoms with van der Waals surface area (Å²) in [5.41, 5.74) is 1.52. The van der Waals surface area contributed by atoms with Crippen LogP contribution in [0.4, 0.5) is 0 Å². The van der Waals surface area contributed by atoms with Crippen molar-refractivity contribution in [3.05, 3.63) is 23.4 Å². The Morgan fingerprint density at radius 3 is 2.24 bits per heavy atom. The molecule has 1 amide bonds. The summed E-state index contributed by atoms with van der Waals surface area (Å²) >= 11 is 0. The van der Waals surface area contributed by atoms with E-state index in [1.165, 1.54) is 0 Å². The van der Waals surface area contributed by atoms with Crippen LogP contribution in [-0.4, -0.2) is 53.9 Å². The first-order valence-electron chi connectivity index (χ1n) is 12.6. The average Bonchev–Trinajstić information content (AvgIpc) is 2.78. The van der Waals surface area contributed by atoms with Crippen LogP contribution in [0, 0.1) is 5.92 Å². The van der Waals surface area contributed by atoms with Crippen LogP contribution in [0.2, 0.25) is 36.3 Å². The number of pyridine rings is 1. The maximum Gasteiger partial charge on any atom is 0.221 e. The maximum atomic E-state index is 13.1. The summed E-state index contributed by atoms with van der Waals surface area (Å²) in [6, 6.07) is 4.02. The lowest BCUT2D eigenvalue weighted by Gasteiger charge is -2.52. The third-order valence-corrected chi connectivity index (χ3v) is 17.8. The van der Waals surface area contributed by atoms with E-state index in [0.717, 1.165) is 17.7 Å². The van der Waals surface area contributed by atoms with Gasteiger partial charge in [0.2, 0.25) is 11.8 Å². The van der Waals surface area contributed by atoms with E-state index >= 15 is 0 Å². The molecule has 0 aromatic carbocycles. The largest absolute Gasteiger partial charge is 0.481 e. The van der Waals surface area contributed by atoms with Crippen LogP contribution in [0.25, 0.3) is 0 Å². The fourth-order valence-corrected chi connectivity index (χ4v) is 7.03. The van der Waals surface area contributed by atoms with Crippen LogP contribution in [-0.2, 0) is 25.5 Å². The van der Waals surface area contributed by atoms with Crippen molar-refractivity contribution in [2.24, 2.45) is 5.92 Å². The van der Waals surface area contributed by atoms with Gasteiger partial charge in [0.15, 0.2) is 16.6 Å². The van der Waals surface area contributed by atoms with Gasteiger partial charge in [0.1, 0.15) is 0 Å². The molecule has 6 nitrogen and oxygen atoms in total. The van der Waals surface area contributed by atoms with Crippen molar-refractivity contribution in [1.29, 1.82) is 0 Å². The first-order chi connectivity index (χ1) is 15.4. The smallest absolute Gasteiger partial charge is 0.221 e. The lowest BCUT2D eigenvalue weighted by Crippen LogP contribution is -2.59. The van der Waals surface area contributed by atoms with Crippen LogP contribution >= 0.6 is 0 Å². The topological polar surface area (TPSA) is 69.7 Å². The van der Waals surface area contributed by atoms with Gasteiger partial charge in [0.25, 0.3) is 0 Å². The SMILES string of the molecule is COc1ccc2c(n1)C[C@@H]1CNC(=O)C[C@@]2(CO[Si](C)(C)C(C)(C)C)[C@@H]1O[Si](C)(C)C(C)(C)C. The van der Waals surface area contributed by atoms with Gasteiger partial charge in [-0.2, -0.15) is 0 Å². The van der Waals surface area contributed by atoms with E-state index in [-0.39, 0.29) is 28.0 Å². The Balaban J connectivity index is 2.18. The minimum absolute atomic E-state index is 0.0630. The molecule has 1 aliphatic heterocycles. The Morgan fingerprint density at radius 2 is 1.68 bits per heavy atom. The van der Waals surface area contributed by atoms with Crippen molar-refractivity contribution in [2.45, 2.75) is 102 Å². The molecule has 3 rings (SSSR count).